The van der Waals surface area contributed by atoms with E-state index in [-0.39, 0.29) is 5.75 Å². The highest BCUT2D eigenvalue weighted by atomic mass is 32.2. The summed E-state index contributed by atoms with van der Waals surface area (Å²) in [5.41, 5.74) is 2.38. The van der Waals surface area contributed by atoms with E-state index in [0.717, 1.165) is 18.3 Å². The minimum Gasteiger partial charge on any atom is -0.249 e. The SMILES string of the molecule is CC1CC(C)CC(CCS(=O)(=O)Cc2cscn2)C1. The third-order valence-corrected chi connectivity index (χ3v) is 6.19. The lowest BCUT2D eigenvalue weighted by Crippen LogP contribution is -2.22. The van der Waals surface area contributed by atoms with Gasteiger partial charge in [0.1, 0.15) is 0 Å². The van der Waals surface area contributed by atoms with Crippen LogP contribution in [0.1, 0.15) is 45.2 Å². The van der Waals surface area contributed by atoms with E-state index in [1.807, 2.05) is 5.38 Å². The fourth-order valence-corrected chi connectivity index (χ4v) is 5.41. The molecule has 1 aromatic heterocycles. The second-order valence-electron chi connectivity index (χ2n) is 6.14. The molecular weight excluding hydrogens is 278 g/mol. The molecule has 19 heavy (non-hydrogen) atoms. The number of sulfone groups is 1. The molecule has 3 nitrogen and oxygen atoms in total. The van der Waals surface area contributed by atoms with Crippen molar-refractivity contribution in [3.05, 3.63) is 16.6 Å². The van der Waals surface area contributed by atoms with Crippen molar-refractivity contribution in [1.29, 1.82) is 0 Å². The minimum absolute atomic E-state index is 0.105. The Balaban J connectivity index is 1.84. The van der Waals surface area contributed by atoms with Crippen LogP contribution in [-0.2, 0) is 15.6 Å². The Morgan fingerprint density at radius 2 is 1.95 bits per heavy atom. The molecule has 1 fully saturated rings. The van der Waals surface area contributed by atoms with Gasteiger partial charge in [-0.1, -0.05) is 13.8 Å². The number of nitrogens with zero attached hydrogens (tertiary/aromatic N) is 1. The predicted octanol–water partition coefficient (Wildman–Crippen LogP) is 3.52. The van der Waals surface area contributed by atoms with Crippen LogP contribution in [-0.4, -0.2) is 19.2 Å². The van der Waals surface area contributed by atoms with Gasteiger partial charge < -0.3 is 0 Å². The van der Waals surface area contributed by atoms with Crippen LogP contribution < -0.4 is 0 Å². The van der Waals surface area contributed by atoms with E-state index in [9.17, 15) is 8.42 Å². The van der Waals surface area contributed by atoms with E-state index in [1.54, 1.807) is 5.51 Å². The van der Waals surface area contributed by atoms with E-state index in [4.69, 9.17) is 0 Å². The third kappa shape index (κ3) is 4.88. The average molecular weight is 301 g/mol. The first-order valence-corrected chi connectivity index (χ1v) is 9.78. The number of hydrogen-bond donors (Lipinski definition) is 0. The maximum atomic E-state index is 12.1. The van der Waals surface area contributed by atoms with Crippen LogP contribution in [0.25, 0.3) is 0 Å². The third-order valence-electron chi connectivity index (χ3n) is 3.96. The second kappa shape index (κ2) is 6.35. The lowest BCUT2D eigenvalue weighted by molar-refractivity contribution is 0.215. The molecule has 2 atom stereocenters. The topological polar surface area (TPSA) is 47.0 Å². The van der Waals surface area contributed by atoms with Gasteiger partial charge in [-0.15, -0.1) is 11.3 Å². The van der Waals surface area contributed by atoms with E-state index >= 15 is 0 Å². The molecule has 0 bridgehead atoms. The van der Waals surface area contributed by atoms with Crippen molar-refractivity contribution in [2.24, 2.45) is 17.8 Å². The van der Waals surface area contributed by atoms with Crippen LogP contribution in [0.3, 0.4) is 0 Å². The summed E-state index contributed by atoms with van der Waals surface area (Å²) in [5, 5.41) is 1.82. The van der Waals surface area contributed by atoms with Gasteiger partial charge in [0.05, 0.1) is 22.7 Å². The van der Waals surface area contributed by atoms with Crippen LogP contribution in [0.5, 0.6) is 0 Å². The van der Waals surface area contributed by atoms with Gasteiger partial charge in [0.15, 0.2) is 9.84 Å². The normalized spacial score (nSPS) is 28.4. The molecule has 1 aliphatic carbocycles. The van der Waals surface area contributed by atoms with Crippen LogP contribution in [0.2, 0.25) is 0 Å². The number of rotatable bonds is 5. The van der Waals surface area contributed by atoms with Crippen molar-refractivity contribution in [1.82, 2.24) is 4.98 Å². The highest BCUT2D eigenvalue weighted by Crippen LogP contribution is 2.34. The molecule has 1 heterocycles. The molecular formula is C14H23NO2S2. The number of hydrogen-bond acceptors (Lipinski definition) is 4. The molecule has 0 amide bonds. The zero-order chi connectivity index (χ0) is 13.9. The summed E-state index contributed by atoms with van der Waals surface area (Å²) in [6.07, 6.45) is 4.50. The quantitative estimate of drug-likeness (QED) is 0.836. The van der Waals surface area contributed by atoms with E-state index in [0.29, 0.717) is 17.4 Å². The molecule has 5 heteroatoms. The largest absolute Gasteiger partial charge is 0.249 e. The Kier molecular flexibility index (Phi) is 5.01. The summed E-state index contributed by atoms with van der Waals surface area (Å²) >= 11 is 1.45. The Morgan fingerprint density at radius 3 is 2.53 bits per heavy atom. The number of aromatic nitrogens is 1. The molecule has 2 rings (SSSR count). The Labute approximate surface area is 120 Å². The minimum atomic E-state index is -2.99. The maximum absolute atomic E-state index is 12.1. The summed E-state index contributed by atoms with van der Waals surface area (Å²) in [5.74, 6) is 2.50. The molecule has 1 aliphatic rings. The molecule has 0 N–H and O–H groups in total. The van der Waals surface area contributed by atoms with Gasteiger partial charge in [-0.05, 0) is 43.4 Å². The van der Waals surface area contributed by atoms with Gasteiger partial charge in [-0.3, -0.25) is 0 Å². The Bertz CT molecular complexity index is 472. The molecule has 0 aliphatic heterocycles. The van der Waals surface area contributed by atoms with Crippen molar-refractivity contribution in [2.45, 2.75) is 45.3 Å². The molecule has 108 valence electrons. The maximum Gasteiger partial charge on any atom is 0.156 e. The monoisotopic (exact) mass is 301 g/mol. The van der Waals surface area contributed by atoms with E-state index in [2.05, 4.69) is 18.8 Å². The fourth-order valence-electron chi connectivity index (χ4n) is 3.30. The van der Waals surface area contributed by atoms with Crippen LogP contribution in [0.15, 0.2) is 10.9 Å². The lowest BCUT2D eigenvalue weighted by Gasteiger charge is -2.31. The van der Waals surface area contributed by atoms with Gasteiger partial charge >= 0.3 is 0 Å². The fraction of sp³-hybridized carbons (Fsp3) is 0.786. The van der Waals surface area contributed by atoms with Crippen molar-refractivity contribution in [3.63, 3.8) is 0 Å². The molecule has 1 aromatic rings. The van der Waals surface area contributed by atoms with Gasteiger partial charge in [0.25, 0.3) is 0 Å². The first-order chi connectivity index (χ1) is 8.94. The molecule has 0 aromatic carbocycles. The summed E-state index contributed by atoms with van der Waals surface area (Å²) in [4.78, 5) is 4.06. The molecule has 0 saturated heterocycles. The van der Waals surface area contributed by atoms with Gasteiger partial charge in [-0.2, -0.15) is 0 Å². The van der Waals surface area contributed by atoms with Gasteiger partial charge in [0.2, 0.25) is 0 Å². The van der Waals surface area contributed by atoms with E-state index in [1.165, 1.54) is 30.6 Å². The Hall–Kier alpha value is -0.420. The summed E-state index contributed by atoms with van der Waals surface area (Å²) in [7, 11) is -2.99. The molecule has 0 radical (unpaired) electrons. The smallest absolute Gasteiger partial charge is 0.156 e. The van der Waals surface area contributed by atoms with Crippen LogP contribution in [0.4, 0.5) is 0 Å². The van der Waals surface area contributed by atoms with Gasteiger partial charge in [0, 0.05) is 5.38 Å². The summed E-state index contributed by atoms with van der Waals surface area (Å²) in [6, 6.07) is 0. The molecule has 0 spiro atoms. The van der Waals surface area contributed by atoms with Crippen molar-refractivity contribution in [2.75, 3.05) is 5.75 Å². The van der Waals surface area contributed by atoms with E-state index < -0.39 is 9.84 Å². The molecule has 2 unspecified atom stereocenters. The average Bonchev–Trinajstić information content (AvgIpc) is 2.77. The zero-order valence-corrected chi connectivity index (χ0v) is 13.3. The van der Waals surface area contributed by atoms with Crippen LogP contribution in [0, 0.1) is 17.8 Å². The standard InChI is InChI=1S/C14H23NO2S2/c1-11-5-12(2)7-13(6-11)3-4-19(16,17)9-14-8-18-10-15-14/h8,10-13H,3-7,9H2,1-2H3. The van der Waals surface area contributed by atoms with Crippen LogP contribution >= 0.6 is 11.3 Å². The summed E-state index contributed by atoms with van der Waals surface area (Å²) in [6.45, 7) is 4.57. The van der Waals surface area contributed by atoms with Crippen molar-refractivity contribution >= 4 is 21.2 Å². The first-order valence-electron chi connectivity index (χ1n) is 7.02. The first kappa shape index (κ1) is 15.0. The predicted molar refractivity (Wildman–Crippen MR) is 79.9 cm³/mol. The zero-order valence-electron chi connectivity index (χ0n) is 11.7. The van der Waals surface area contributed by atoms with Crippen molar-refractivity contribution < 1.29 is 8.42 Å². The van der Waals surface area contributed by atoms with Crippen molar-refractivity contribution in [3.8, 4) is 0 Å². The number of thiazole rings is 1. The summed E-state index contributed by atoms with van der Waals surface area (Å²) < 4.78 is 24.1. The highest BCUT2D eigenvalue weighted by Gasteiger charge is 2.25. The lowest BCUT2D eigenvalue weighted by atomic mass is 9.76. The molecule has 1 saturated carbocycles. The Morgan fingerprint density at radius 1 is 1.26 bits per heavy atom. The van der Waals surface area contributed by atoms with Gasteiger partial charge in [-0.25, -0.2) is 13.4 Å². The highest BCUT2D eigenvalue weighted by molar-refractivity contribution is 7.90. The second-order valence-corrected chi connectivity index (χ2v) is 9.05.